The van der Waals surface area contributed by atoms with E-state index in [0.29, 0.717) is 25.9 Å². The van der Waals surface area contributed by atoms with E-state index in [1.54, 1.807) is 17.0 Å². The van der Waals surface area contributed by atoms with Crippen LogP contribution in [0.3, 0.4) is 0 Å². The highest BCUT2D eigenvalue weighted by Crippen LogP contribution is 2.20. The lowest BCUT2D eigenvalue weighted by molar-refractivity contribution is -0.140. The summed E-state index contributed by atoms with van der Waals surface area (Å²) >= 11 is 0. The number of hydrogen-bond donors (Lipinski definition) is 1. The minimum Gasteiger partial charge on any atom is -0.469 e. The maximum Gasteiger partial charge on any atom is 0.305 e. The van der Waals surface area contributed by atoms with Crippen molar-refractivity contribution in [3.8, 4) is 0 Å². The second-order valence-corrected chi connectivity index (χ2v) is 5.46. The molecule has 1 aliphatic heterocycles. The van der Waals surface area contributed by atoms with Gasteiger partial charge in [-0.25, -0.2) is 0 Å². The molecule has 1 fully saturated rings. The average Bonchev–Trinajstić information content (AvgIpc) is 3.12. The number of piperidine rings is 1. The van der Waals surface area contributed by atoms with Crippen molar-refractivity contribution in [2.45, 2.75) is 38.1 Å². The van der Waals surface area contributed by atoms with Crippen molar-refractivity contribution in [2.75, 3.05) is 20.2 Å². The molecule has 2 heterocycles. The van der Waals surface area contributed by atoms with E-state index < -0.39 is 6.04 Å². The van der Waals surface area contributed by atoms with Crippen LogP contribution < -0.4 is 5.32 Å². The molecule has 0 spiro atoms. The Labute approximate surface area is 135 Å². The molecule has 2 amide bonds. The van der Waals surface area contributed by atoms with Crippen molar-refractivity contribution in [3.63, 3.8) is 0 Å². The minimum atomic E-state index is -0.487. The quantitative estimate of drug-likeness (QED) is 0.631. The molecule has 0 aromatic carbocycles. The van der Waals surface area contributed by atoms with Gasteiger partial charge in [-0.15, -0.1) is 0 Å². The standard InChI is InChI=1S/C16H22N2O5/c1-22-14(19)8-4-9-17-15(20)12-6-2-3-10-18(12)16(21)13-7-5-11-23-13/h5,7,11-12H,2-4,6,8-10H2,1H3,(H,17,20)/t12-/m0/s1. The average molecular weight is 322 g/mol. The molecule has 1 saturated heterocycles. The van der Waals surface area contributed by atoms with Crippen LogP contribution in [-0.4, -0.2) is 48.9 Å². The molecule has 1 N–H and O–H groups in total. The van der Waals surface area contributed by atoms with Crippen LogP contribution >= 0.6 is 0 Å². The zero-order valence-electron chi connectivity index (χ0n) is 13.2. The second-order valence-electron chi connectivity index (χ2n) is 5.46. The highest BCUT2D eigenvalue weighted by molar-refractivity contribution is 5.95. The second kappa shape index (κ2) is 8.36. The largest absolute Gasteiger partial charge is 0.469 e. The van der Waals surface area contributed by atoms with Crippen molar-refractivity contribution in [2.24, 2.45) is 0 Å². The van der Waals surface area contributed by atoms with E-state index in [-0.39, 0.29) is 30.0 Å². The molecule has 2 rings (SSSR count). The smallest absolute Gasteiger partial charge is 0.305 e. The highest BCUT2D eigenvalue weighted by Gasteiger charge is 2.33. The molecule has 1 atom stereocenters. The van der Waals surface area contributed by atoms with Gasteiger partial charge < -0.3 is 19.4 Å². The molecule has 126 valence electrons. The van der Waals surface area contributed by atoms with Crippen molar-refractivity contribution >= 4 is 17.8 Å². The van der Waals surface area contributed by atoms with E-state index in [4.69, 9.17) is 4.42 Å². The summed E-state index contributed by atoms with van der Waals surface area (Å²) in [5.41, 5.74) is 0. The van der Waals surface area contributed by atoms with Crippen molar-refractivity contribution in [3.05, 3.63) is 24.2 Å². The van der Waals surface area contributed by atoms with Gasteiger partial charge in [-0.3, -0.25) is 14.4 Å². The van der Waals surface area contributed by atoms with Gasteiger partial charge >= 0.3 is 5.97 Å². The van der Waals surface area contributed by atoms with E-state index in [0.717, 1.165) is 12.8 Å². The van der Waals surface area contributed by atoms with Gasteiger partial charge in [0.15, 0.2) is 5.76 Å². The van der Waals surface area contributed by atoms with Gasteiger partial charge in [0.2, 0.25) is 5.91 Å². The Morgan fingerprint density at radius 2 is 2.22 bits per heavy atom. The van der Waals surface area contributed by atoms with Gasteiger partial charge in [0, 0.05) is 19.5 Å². The van der Waals surface area contributed by atoms with E-state index in [1.165, 1.54) is 13.4 Å². The van der Waals surface area contributed by atoms with Gasteiger partial charge in [-0.2, -0.15) is 0 Å². The van der Waals surface area contributed by atoms with Crippen LogP contribution in [0.15, 0.2) is 22.8 Å². The molecule has 0 unspecified atom stereocenters. The van der Waals surface area contributed by atoms with Gasteiger partial charge in [-0.05, 0) is 37.8 Å². The zero-order chi connectivity index (χ0) is 16.7. The first-order valence-electron chi connectivity index (χ1n) is 7.82. The molecule has 7 nitrogen and oxygen atoms in total. The predicted molar refractivity (Wildman–Crippen MR) is 81.6 cm³/mol. The third-order valence-electron chi connectivity index (χ3n) is 3.88. The number of rotatable bonds is 6. The summed E-state index contributed by atoms with van der Waals surface area (Å²) < 4.78 is 9.69. The Hall–Kier alpha value is -2.31. The Morgan fingerprint density at radius 1 is 1.39 bits per heavy atom. The SMILES string of the molecule is COC(=O)CCCNC(=O)[C@@H]1CCCCN1C(=O)c1ccco1. The summed E-state index contributed by atoms with van der Waals surface area (Å²) in [7, 11) is 1.33. The highest BCUT2D eigenvalue weighted by atomic mass is 16.5. The number of nitrogens with one attached hydrogen (secondary N) is 1. The lowest BCUT2D eigenvalue weighted by Gasteiger charge is -2.34. The Morgan fingerprint density at radius 3 is 2.91 bits per heavy atom. The fourth-order valence-electron chi connectivity index (χ4n) is 2.65. The number of ether oxygens (including phenoxy) is 1. The summed E-state index contributed by atoms with van der Waals surface area (Å²) in [6.45, 7) is 0.924. The Kier molecular flexibility index (Phi) is 6.19. The summed E-state index contributed by atoms with van der Waals surface area (Å²) in [6, 6.07) is 2.76. The number of carbonyl (C=O) groups excluding carboxylic acids is 3. The third kappa shape index (κ3) is 4.58. The first kappa shape index (κ1) is 17.1. The first-order valence-corrected chi connectivity index (χ1v) is 7.82. The molecule has 0 aliphatic carbocycles. The first-order chi connectivity index (χ1) is 11.1. The molecule has 1 aromatic heterocycles. The normalized spacial score (nSPS) is 17.6. The van der Waals surface area contributed by atoms with E-state index >= 15 is 0 Å². The number of furan rings is 1. The van der Waals surface area contributed by atoms with Crippen molar-refractivity contribution in [1.29, 1.82) is 0 Å². The summed E-state index contributed by atoms with van der Waals surface area (Å²) in [6.07, 6.45) is 4.63. The van der Waals surface area contributed by atoms with Crippen LogP contribution in [0.1, 0.15) is 42.7 Å². The lowest BCUT2D eigenvalue weighted by Crippen LogP contribution is -2.52. The van der Waals surface area contributed by atoms with Gasteiger partial charge in [0.05, 0.1) is 13.4 Å². The molecule has 1 aromatic rings. The molecule has 0 radical (unpaired) electrons. The molecule has 0 bridgehead atoms. The van der Waals surface area contributed by atoms with Gasteiger partial charge in [0.1, 0.15) is 6.04 Å². The molecule has 0 saturated carbocycles. The number of hydrogen-bond acceptors (Lipinski definition) is 5. The summed E-state index contributed by atoms with van der Waals surface area (Å²) in [5.74, 6) is -0.499. The zero-order valence-corrected chi connectivity index (χ0v) is 13.2. The van der Waals surface area contributed by atoms with Crippen molar-refractivity contribution in [1.82, 2.24) is 10.2 Å². The maximum absolute atomic E-state index is 12.4. The van der Waals surface area contributed by atoms with Gasteiger partial charge in [0.25, 0.3) is 5.91 Å². The minimum absolute atomic E-state index is 0.186. The van der Waals surface area contributed by atoms with Crippen LogP contribution in [0.2, 0.25) is 0 Å². The maximum atomic E-state index is 12.4. The monoisotopic (exact) mass is 322 g/mol. The van der Waals surface area contributed by atoms with Crippen LogP contribution in [0.25, 0.3) is 0 Å². The number of methoxy groups -OCH3 is 1. The number of carbonyl (C=O) groups is 3. The molecule has 7 heteroatoms. The number of amides is 2. The fraction of sp³-hybridized carbons (Fsp3) is 0.562. The van der Waals surface area contributed by atoms with Crippen LogP contribution in [0, 0.1) is 0 Å². The van der Waals surface area contributed by atoms with Crippen molar-refractivity contribution < 1.29 is 23.5 Å². The number of esters is 1. The third-order valence-corrected chi connectivity index (χ3v) is 3.88. The van der Waals surface area contributed by atoms with E-state index in [2.05, 4.69) is 10.1 Å². The Bertz CT molecular complexity index is 541. The summed E-state index contributed by atoms with van der Waals surface area (Å²) in [4.78, 5) is 37.4. The molecular weight excluding hydrogens is 300 g/mol. The Balaban J connectivity index is 1.88. The topological polar surface area (TPSA) is 88.9 Å². The molecule has 23 heavy (non-hydrogen) atoms. The lowest BCUT2D eigenvalue weighted by atomic mass is 10.0. The molecule has 1 aliphatic rings. The van der Waals surface area contributed by atoms with E-state index in [1.807, 2.05) is 0 Å². The van der Waals surface area contributed by atoms with E-state index in [9.17, 15) is 14.4 Å². The summed E-state index contributed by atoms with van der Waals surface area (Å²) in [5, 5.41) is 2.79. The van der Waals surface area contributed by atoms with Crippen LogP contribution in [0.4, 0.5) is 0 Å². The van der Waals surface area contributed by atoms with Gasteiger partial charge in [-0.1, -0.05) is 0 Å². The fourth-order valence-corrected chi connectivity index (χ4v) is 2.65. The number of likely N-dealkylation sites (tertiary alicyclic amines) is 1. The van der Waals surface area contributed by atoms with Crippen LogP contribution in [-0.2, 0) is 14.3 Å². The van der Waals surface area contributed by atoms with Crippen LogP contribution in [0.5, 0.6) is 0 Å². The predicted octanol–water partition coefficient (Wildman–Crippen LogP) is 1.34. The number of nitrogens with zero attached hydrogens (tertiary/aromatic N) is 1. The molecular formula is C16H22N2O5.